The lowest BCUT2D eigenvalue weighted by Gasteiger charge is -2.15. The second kappa shape index (κ2) is 6.17. The smallest absolute Gasteiger partial charge is 0.165 e. The van der Waals surface area contributed by atoms with Gasteiger partial charge in [-0.1, -0.05) is 40.2 Å². The highest BCUT2D eigenvalue weighted by Crippen LogP contribution is 2.22. The average molecular weight is 324 g/mol. The fourth-order valence-electron chi connectivity index (χ4n) is 1.84. The van der Waals surface area contributed by atoms with Crippen LogP contribution in [0.4, 0.5) is 4.39 Å². The van der Waals surface area contributed by atoms with Gasteiger partial charge in [0.25, 0.3) is 0 Å². The number of halogens is 2. The van der Waals surface area contributed by atoms with Crippen molar-refractivity contribution in [2.75, 3.05) is 0 Å². The number of aromatic hydroxyl groups is 1. The van der Waals surface area contributed by atoms with Gasteiger partial charge in [-0.3, -0.25) is 0 Å². The van der Waals surface area contributed by atoms with E-state index in [1.165, 1.54) is 6.07 Å². The standard InChI is InChI=1S/C15H15BrFNO/c1-10(11-5-7-13(16)8-6-11)18-9-12-3-2-4-14(17)15(12)19/h2-8,10,18-19H,9H2,1H3/t10-/m0/s1. The molecule has 1 atom stereocenters. The maximum Gasteiger partial charge on any atom is 0.165 e. The number of para-hydroxylation sites is 1. The zero-order valence-electron chi connectivity index (χ0n) is 10.5. The van der Waals surface area contributed by atoms with Crippen LogP contribution in [-0.4, -0.2) is 5.11 Å². The number of benzene rings is 2. The van der Waals surface area contributed by atoms with E-state index >= 15 is 0 Å². The van der Waals surface area contributed by atoms with E-state index in [0.717, 1.165) is 10.0 Å². The summed E-state index contributed by atoms with van der Waals surface area (Å²) in [5, 5.41) is 12.9. The molecule has 0 aromatic heterocycles. The fraction of sp³-hybridized carbons (Fsp3) is 0.200. The largest absolute Gasteiger partial charge is 0.505 e. The third-order valence-electron chi connectivity index (χ3n) is 3.04. The molecule has 19 heavy (non-hydrogen) atoms. The Morgan fingerprint density at radius 3 is 2.58 bits per heavy atom. The molecule has 0 aliphatic heterocycles. The molecule has 0 aliphatic rings. The molecule has 2 N–H and O–H groups in total. The van der Waals surface area contributed by atoms with E-state index in [4.69, 9.17) is 0 Å². The molecule has 0 spiro atoms. The zero-order valence-corrected chi connectivity index (χ0v) is 12.1. The Hall–Kier alpha value is -1.39. The van der Waals surface area contributed by atoms with Gasteiger partial charge in [0, 0.05) is 22.6 Å². The van der Waals surface area contributed by atoms with Crippen molar-refractivity contribution in [1.29, 1.82) is 0 Å². The third-order valence-corrected chi connectivity index (χ3v) is 3.57. The molecule has 0 heterocycles. The first-order valence-electron chi connectivity index (χ1n) is 6.03. The van der Waals surface area contributed by atoms with E-state index in [2.05, 4.69) is 21.2 Å². The Balaban J connectivity index is 2.02. The molecule has 0 saturated carbocycles. The van der Waals surface area contributed by atoms with Crippen LogP contribution >= 0.6 is 15.9 Å². The molecule has 0 bridgehead atoms. The molecule has 2 aromatic rings. The summed E-state index contributed by atoms with van der Waals surface area (Å²) in [6.07, 6.45) is 0. The number of hydrogen-bond donors (Lipinski definition) is 2. The van der Waals surface area contributed by atoms with Crippen molar-refractivity contribution in [1.82, 2.24) is 5.32 Å². The van der Waals surface area contributed by atoms with Crippen LogP contribution in [-0.2, 0) is 6.54 Å². The first-order valence-corrected chi connectivity index (χ1v) is 6.82. The molecule has 0 aliphatic carbocycles. The lowest BCUT2D eigenvalue weighted by Crippen LogP contribution is -2.18. The first-order chi connectivity index (χ1) is 9.08. The van der Waals surface area contributed by atoms with Crippen LogP contribution in [0.2, 0.25) is 0 Å². The Labute approximate surface area is 120 Å². The second-order valence-corrected chi connectivity index (χ2v) is 5.32. The summed E-state index contributed by atoms with van der Waals surface area (Å²) >= 11 is 3.39. The predicted molar refractivity (Wildman–Crippen MR) is 77.5 cm³/mol. The third kappa shape index (κ3) is 3.55. The maximum atomic E-state index is 13.2. The number of phenolic OH excluding ortho intramolecular Hbond substituents is 1. The van der Waals surface area contributed by atoms with Gasteiger partial charge in [-0.15, -0.1) is 0 Å². The molecule has 2 aromatic carbocycles. The average Bonchev–Trinajstić information content (AvgIpc) is 2.41. The highest BCUT2D eigenvalue weighted by atomic mass is 79.9. The van der Waals surface area contributed by atoms with Crippen molar-refractivity contribution in [3.05, 3.63) is 63.9 Å². The van der Waals surface area contributed by atoms with E-state index < -0.39 is 5.82 Å². The van der Waals surface area contributed by atoms with Crippen LogP contribution in [0.25, 0.3) is 0 Å². The van der Waals surface area contributed by atoms with Gasteiger partial charge >= 0.3 is 0 Å². The Kier molecular flexibility index (Phi) is 4.56. The maximum absolute atomic E-state index is 13.2. The summed E-state index contributed by atoms with van der Waals surface area (Å²) in [4.78, 5) is 0. The topological polar surface area (TPSA) is 32.3 Å². The van der Waals surface area contributed by atoms with Gasteiger partial charge < -0.3 is 10.4 Å². The molecule has 2 rings (SSSR count). The van der Waals surface area contributed by atoms with Gasteiger partial charge in [-0.25, -0.2) is 4.39 Å². The minimum absolute atomic E-state index is 0.121. The summed E-state index contributed by atoms with van der Waals surface area (Å²) in [6, 6.07) is 12.7. The van der Waals surface area contributed by atoms with Gasteiger partial charge in [0.1, 0.15) is 0 Å². The molecule has 0 unspecified atom stereocenters. The minimum atomic E-state index is -0.587. The first kappa shape index (κ1) is 14.0. The van der Waals surface area contributed by atoms with Crippen molar-refractivity contribution in [2.24, 2.45) is 0 Å². The summed E-state index contributed by atoms with van der Waals surface area (Å²) in [7, 11) is 0. The molecule has 0 saturated heterocycles. The fourth-order valence-corrected chi connectivity index (χ4v) is 2.10. The van der Waals surface area contributed by atoms with Crippen molar-refractivity contribution in [2.45, 2.75) is 19.5 Å². The van der Waals surface area contributed by atoms with E-state index in [1.54, 1.807) is 12.1 Å². The van der Waals surface area contributed by atoms with Crippen LogP contribution in [0.15, 0.2) is 46.9 Å². The molecular formula is C15H15BrFNO. The quantitative estimate of drug-likeness (QED) is 0.886. The van der Waals surface area contributed by atoms with E-state index in [-0.39, 0.29) is 11.8 Å². The number of nitrogens with one attached hydrogen (secondary N) is 1. The van der Waals surface area contributed by atoms with Crippen LogP contribution in [0, 0.1) is 5.82 Å². The molecule has 0 radical (unpaired) electrons. The van der Waals surface area contributed by atoms with Gasteiger partial charge in [0.05, 0.1) is 0 Å². The molecular weight excluding hydrogens is 309 g/mol. The van der Waals surface area contributed by atoms with Crippen LogP contribution < -0.4 is 5.32 Å². The minimum Gasteiger partial charge on any atom is -0.505 e. The normalized spacial score (nSPS) is 12.4. The number of phenols is 1. The van der Waals surface area contributed by atoms with E-state index in [9.17, 15) is 9.50 Å². The van der Waals surface area contributed by atoms with Crippen molar-refractivity contribution >= 4 is 15.9 Å². The number of hydrogen-bond acceptors (Lipinski definition) is 2. The monoisotopic (exact) mass is 323 g/mol. The van der Waals surface area contributed by atoms with E-state index in [1.807, 2.05) is 31.2 Å². The summed E-state index contributed by atoms with van der Waals surface area (Å²) in [5.41, 5.74) is 1.70. The van der Waals surface area contributed by atoms with Gasteiger partial charge in [-0.05, 0) is 30.7 Å². The lowest BCUT2D eigenvalue weighted by molar-refractivity contribution is 0.421. The molecule has 2 nitrogen and oxygen atoms in total. The number of rotatable bonds is 4. The van der Waals surface area contributed by atoms with Crippen molar-refractivity contribution < 1.29 is 9.50 Å². The zero-order chi connectivity index (χ0) is 13.8. The van der Waals surface area contributed by atoms with Crippen LogP contribution in [0.5, 0.6) is 5.75 Å². The Bertz CT molecular complexity index is 557. The SMILES string of the molecule is C[C@H](NCc1cccc(F)c1O)c1ccc(Br)cc1. The van der Waals surface area contributed by atoms with E-state index in [0.29, 0.717) is 12.1 Å². The molecule has 100 valence electrons. The molecule has 4 heteroatoms. The van der Waals surface area contributed by atoms with Crippen molar-refractivity contribution in [3.8, 4) is 5.75 Å². The highest BCUT2D eigenvalue weighted by Gasteiger charge is 2.09. The lowest BCUT2D eigenvalue weighted by atomic mass is 10.1. The van der Waals surface area contributed by atoms with Gasteiger partial charge in [0.15, 0.2) is 11.6 Å². The molecule has 0 fully saturated rings. The summed E-state index contributed by atoms with van der Waals surface area (Å²) in [6.45, 7) is 2.44. The van der Waals surface area contributed by atoms with Gasteiger partial charge in [-0.2, -0.15) is 0 Å². The summed E-state index contributed by atoms with van der Waals surface area (Å²) < 4.78 is 14.2. The Morgan fingerprint density at radius 2 is 1.89 bits per heavy atom. The predicted octanol–water partition coefficient (Wildman–Crippen LogP) is 4.14. The molecule has 0 amide bonds. The van der Waals surface area contributed by atoms with Crippen molar-refractivity contribution in [3.63, 3.8) is 0 Å². The van der Waals surface area contributed by atoms with Crippen LogP contribution in [0.3, 0.4) is 0 Å². The van der Waals surface area contributed by atoms with Crippen LogP contribution in [0.1, 0.15) is 24.1 Å². The highest BCUT2D eigenvalue weighted by molar-refractivity contribution is 9.10. The second-order valence-electron chi connectivity index (χ2n) is 4.40. The summed E-state index contributed by atoms with van der Waals surface area (Å²) in [5.74, 6) is -0.867. The Morgan fingerprint density at radius 1 is 1.21 bits per heavy atom. The van der Waals surface area contributed by atoms with Gasteiger partial charge in [0.2, 0.25) is 0 Å².